The van der Waals surface area contributed by atoms with Crippen LogP contribution in [-0.2, 0) is 0 Å². The SMILES string of the molecule is COc1cc(/C=C\C(=O)c2ccc(C)cc2C)cc(OC)c1OC. The summed E-state index contributed by atoms with van der Waals surface area (Å²) in [6, 6.07) is 9.39. The highest BCUT2D eigenvalue weighted by atomic mass is 16.5. The van der Waals surface area contributed by atoms with E-state index in [1.165, 1.54) is 0 Å². The molecule has 0 heterocycles. The molecule has 0 amide bonds. The van der Waals surface area contributed by atoms with Gasteiger partial charge in [-0.25, -0.2) is 0 Å². The van der Waals surface area contributed by atoms with Crippen LogP contribution in [0.5, 0.6) is 17.2 Å². The molecule has 0 radical (unpaired) electrons. The highest BCUT2D eigenvalue weighted by molar-refractivity contribution is 6.07. The topological polar surface area (TPSA) is 44.8 Å². The van der Waals surface area contributed by atoms with Gasteiger partial charge in [-0.1, -0.05) is 29.8 Å². The first-order valence-electron chi connectivity index (χ1n) is 7.59. The Balaban J connectivity index is 2.32. The van der Waals surface area contributed by atoms with Gasteiger partial charge in [0, 0.05) is 5.56 Å². The van der Waals surface area contributed by atoms with E-state index >= 15 is 0 Å². The fraction of sp³-hybridized carbons (Fsp3) is 0.250. The zero-order chi connectivity index (χ0) is 17.7. The smallest absolute Gasteiger partial charge is 0.203 e. The first kappa shape index (κ1) is 17.6. The molecule has 0 aromatic heterocycles. The van der Waals surface area contributed by atoms with Gasteiger partial charge in [-0.15, -0.1) is 0 Å². The van der Waals surface area contributed by atoms with Gasteiger partial charge < -0.3 is 14.2 Å². The molecule has 0 unspecified atom stereocenters. The maximum atomic E-state index is 12.4. The zero-order valence-corrected chi connectivity index (χ0v) is 14.7. The molecule has 0 aliphatic carbocycles. The maximum Gasteiger partial charge on any atom is 0.203 e. The largest absolute Gasteiger partial charge is 0.493 e. The second kappa shape index (κ2) is 7.68. The van der Waals surface area contributed by atoms with E-state index in [0.717, 1.165) is 16.7 Å². The number of ketones is 1. The molecule has 2 aromatic carbocycles. The van der Waals surface area contributed by atoms with Crippen molar-refractivity contribution in [3.63, 3.8) is 0 Å². The van der Waals surface area contributed by atoms with Crippen molar-refractivity contribution in [3.05, 3.63) is 58.7 Å². The van der Waals surface area contributed by atoms with Crippen molar-refractivity contribution >= 4 is 11.9 Å². The summed E-state index contributed by atoms with van der Waals surface area (Å²) in [5.74, 6) is 1.59. The Morgan fingerprint density at radius 2 is 1.54 bits per heavy atom. The second-order valence-corrected chi connectivity index (χ2v) is 5.47. The number of aryl methyl sites for hydroxylation is 2. The summed E-state index contributed by atoms with van der Waals surface area (Å²) in [4.78, 5) is 12.4. The van der Waals surface area contributed by atoms with Crippen molar-refractivity contribution in [2.24, 2.45) is 0 Å². The average molecular weight is 326 g/mol. The molecule has 0 N–H and O–H groups in total. The predicted molar refractivity (Wildman–Crippen MR) is 95.4 cm³/mol. The van der Waals surface area contributed by atoms with Gasteiger partial charge in [0.15, 0.2) is 17.3 Å². The molecule has 0 saturated heterocycles. The number of carbonyl (C=O) groups excluding carboxylic acids is 1. The molecule has 0 aliphatic heterocycles. The van der Waals surface area contributed by atoms with Crippen molar-refractivity contribution in [2.75, 3.05) is 21.3 Å². The molecule has 24 heavy (non-hydrogen) atoms. The summed E-state index contributed by atoms with van der Waals surface area (Å²) < 4.78 is 15.9. The molecular weight excluding hydrogens is 304 g/mol. The Morgan fingerprint density at radius 1 is 0.917 bits per heavy atom. The number of methoxy groups -OCH3 is 3. The summed E-state index contributed by atoms with van der Waals surface area (Å²) >= 11 is 0. The molecular formula is C20H22O4. The Hall–Kier alpha value is -2.75. The molecule has 2 rings (SSSR count). The summed E-state index contributed by atoms with van der Waals surface area (Å²) in [6.45, 7) is 3.94. The van der Waals surface area contributed by atoms with Gasteiger partial charge in [-0.2, -0.15) is 0 Å². The summed E-state index contributed by atoms with van der Waals surface area (Å²) in [5, 5.41) is 0. The fourth-order valence-corrected chi connectivity index (χ4v) is 2.55. The van der Waals surface area contributed by atoms with Crippen LogP contribution in [0, 0.1) is 13.8 Å². The molecule has 0 aliphatic rings. The third-order valence-electron chi connectivity index (χ3n) is 3.76. The maximum absolute atomic E-state index is 12.4. The molecule has 0 saturated carbocycles. The van der Waals surface area contributed by atoms with Crippen LogP contribution < -0.4 is 14.2 Å². The van der Waals surface area contributed by atoms with Gasteiger partial charge in [0.05, 0.1) is 21.3 Å². The average Bonchev–Trinajstić information content (AvgIpc) is 2.58. The second-order valence-electron chi connectivity index (χ2n) is 5.47. The lowest BCUT2D eigenvalue weighted by atomic mass is 10.0. The van der Waals surface area contributed by atoms with Crippen molar-refractivity contribution in [1.29, 1.82) is 0 Å². The van der Waals surface area contributed by atoms with E-state index in [0.29, 0.717) is 22.8 Å². The highest BCUT2D eigenvalue weighted by Crippen LogP contribution is 2.38. The van der Waals surface area contributed by atoms with Crippen molar-refractivity contribution in [1.82, 2.24) is 0 Å². The summed E-state index contributed by atoms with van der Waals surface area (Å²) in [7, 11) is 4.68. The standard InChI is InChI=1S/C20H22O4/c1-13-6-8-16(14(2)10-13)17(21)9-7-15-11-18(22-3)20(24-5)19(12-15)23-4/h6-12H,1-5H3/b9-7-. The number of hydrogen-bond acceptors (Lipinski definition) is 4. The minimum Gasteiger partial charge on any atom is -0.493 e. The van der Waals surface area contributed by atoms with Gasteiger partial charge >= 0.3 is 0 Å². The van der Waals surface area contributed by atoms with Crippen molar-refractivity contribution in [2.45, 2.75) is 13.8 Å². The van der Waals surface area contributed by atoms with Gasteiger partial charge in [-0.05, 0) is 43.2 Å². The molecule has 4 heteroatoms. The first-order chi connectivity index (χ1) is 11.5. The van der Waals surface area contributed by atoms with Crippen LogP contribution >= 0.6 is 0 Å². The van der Waals surface area contributed by atoms with Crippen LogP contribution in [0.15, 0.2) is 36.4 Å². The molecule has 126 valence electrons. The molecule has 4 nitrogen and oxygen atoms in total. The number of ether oxygens (including phenoxy) is 3. The van der Waals surface area contributed by atoms with Crippen LogP contribution in [0.25, 0.3) is 6.08 Å². The Labute approximate surface area is 142 Å². The lowest BCUT2D eigenvalue weighted by Gasteiger charge is -2.12. The normalized spacial score (nSPS) is 10.7. The summed E-state index contributed by atoms with van der Waals surface area (Å²) in [6.07, 6.45) is 3.30. The quantitative estimate of drug-likeness (QED) is 0.589. The van der Waals surface area contributed by atoms with Gasteiger partial charge in [0.2, 0.25) is 5.75 Å². The molecule has 0 atom stereocenters. The van der Waals surface area contributed by atoms with Crippen molar-refractivity contribution in [3.8, 4) is 17.2 Å². The molecule has 0 spiro atoms. The molecule has 0 fully saturated rings. The van der Waals surface area contributed by atoms with E-state index < -0.39 is 0 Å². The minimum atomic E-state index is -0.0405. The fourth-order valence-electron chi connectivity index (χ4n) is 2.55. The number of benzene rings is 2. The minimum absolute atomic E-state index is 0.0405. The van der Waals surface area contributed by atoms with Crippen LogP contribution in [0.4, 0.5) is 0 Å². The lowest BCUT2D eigenvalue weighted by Crippen LogP contribution is -1.98. The third-order valence-corrected chi connectivity index (χ3v) is 3.76. The van der Waals surface area contributed by atoms with E-state index in [1.54, 1.807) is 45.6 Å². The monoisotopic (exact) mass is 326 g/mol. The van der Waals surface area contributed by atoms with Crippen molar-refractivity contribution < 1.29 is 19.0 Å². The van der Waals surface area contributed by atoms with Crippen LogP contribution in [0.3, 0.4) is 0 Å². The zero-order valence-electron chi connectivity index (χ0n) is 14.7. The Kier molecular flexibility index (Phi) is 5.64. The molecule has 2 aromatic rings. The van der Waals surface area contributed by atoms with Gasteiger partial charge in [-0.3, -0.25) is 4.79 Å². The van der Waals surface area contributed by atoms with Crippen LogP contribution in [0.1, 0.15) is 27.0 Å². The number of hydrogen-bond donors (Lipinski definition) is 0. The Morgan fingerprint density at radius 3 is 2.04 bits per heavy atom. The van der Waals surface area contributed by atoms with E-state index in [2.05, 4.69) is 0 Å². The summed E-state index contributed by atoms with van der Waals surface area (Å²) in [5.41, 5.74) is 3.60. The number of carbonyl (C=O) groups is 1. The van der Waals surface area contributed by atoms with Crippen LogP contribution in [-0.4, -0.2) is 27.1 Å². The highest BCUT2D eigenvalue weighted by Gasteiger charge is 2.12. The Bertz CT molecular complexity index is 750. The lowest BCUT2D eigenvalue weighted by molar-refractivity contribution is 0.104. The predicted octanol–water partition coefficient (Wildman–Crippen LogP) is 4.23. The van der Waals surface area contributed by atoms with Crippen LogP contribution in [0.2, 0.25) is 0 Å². The van der Waals surface area contributed by atoms with Gasteiger partial charge in [0.25, 0.3) is 0 Å². The van der Waals surface area contributed by atoms with E-state index in [4.69, 9.17) is 14.2 Å². The molecule has 0 bridgehead atoms. The van der Waals surface area contributed by atoms with E-state index in [-0.39, 0.29) is 5.78 Å². The van der Waals surface area contributed by atoms with E-state index in [9.17, 15) is 4.79 Å². The number of rotatable bonds is 6. The number of allylic oxidation sites excluding steroid dienone is 1. The third kappa shape index (κ3) is 3.77. The first-order valence-corrected chi connectivity index (χ1v) is 7.59. The van der Waals surface area contributed by atoms with E-state index in [1.807, 2.05) is 32.0 Å². The van der Waals surface area contributed by atoms with Gasteiger partial charge in [0.1, 0.15) is 0 Å².